The van der Waals surface area contributed by atoms with Crippen molar-refractivity contribution in [1.29, 1.82) is 0 Å². The van der Waals surface area contributed by atoms with Crippen LogP contribution in [0, 0.1) is 10.1 Å². The fourth-order valence-electron chi connectivity index (χ4n) is 2.37. The largest absolute Gasteiger partial charge is 0.392 e. The number of hydrogen-bond acceptors (Lipinski definition) is 4. The van der Waals surface area contributed by atoms with Gasteiger partial charge in [-0.2, -0.15) is 0 Å². The van der Waals surface area contributed by atoms with Crippen molar-refractivity contribution in [2.45, 2.75) is 43.0 Å². The van der Waals surface area contributed by atoms with Crippen molar-refractivity contribution in [2.24, 2.45) is 5.16 Å². The van der Waals surface area contributed by atoms with Crippen molar-refractivity contribution >= 4 is 35.4 Å². The molecular formula is C14H19BrN2O3Si. The van der Waals surface area contributed by atoms with Crippen LogP contribution in [-0.2, 0) is 4.84 Å². The number of benzene rings is 1. The molecule has 1 aliphatic rings. The second-order valence-corrected chi connectivity index (χ2v) is 13.1. The van der Waals surface area contributed by atoms with Gasteiger partial charge in [0.15, 0.2) is 0 Å². The molecule has 0 radical (unpaired) electrons. The lowest BCUT2D eigenvalue weighted by Gasteiger charge is -2.29. The maximum atomic E-state index is 10.7. The fraction of sp³-hybridized carbons (Fsp3) is 0.500. The normalized spacial score (nSPS) is 22.4. The summed E-state index contributed by atoms with van der Waals surface area (Å²) in [6.07, 6.45) is 1.03. The molecule has 5 nitrogen and oxygen atoms in total. The first-order valence-corrected chi connectivity index (χ1v) is 11.5. The van der Waals surface area contributed by atoms with Crippen LogP contribution in [0.25, 0.3) is 0 Å². The molecule has 0 fully saturated rings. The number of nitro benzene ring substituents is 1. The summed E-state index contributed by atoms with van der Waals surface area (Å²) in [6.45, 7) is 6.94. The predicted molar refractivity (Wildman–Crippen MR) is 90.0 cm³/mol. The van der Waals surface area contributed by atoms with Crippen LogP contribution in [0.15, 0.2) is 29.4 Å². The second-order valence-electron chi connectivity index (χ2n) is 6.48. The number of non-ortho nitro benzene ring substituents is 1. The third-order valence-corrected chi connectivity index (χ3v) is 5.77. The minimum Gasteiger partial charge on any atom is -0.392 e. The summed E-state index contributed by atoms with van der Waals surface area (Å²) in [5, 5.41) is 14.9. The third kappa shape index (κ3) is 4.37. The molecular weight excluding hydrogens is 352 g/mol. The van der Waals surface area contributed by atoms with Crippen LogP contribution in [0.1, 0.15) is 12.0 Å². The number of rotatable bonds is 4. The topological polar surface area (TPSA) is 64.7 Å². The van der Waals surface area contributed by atoms with Crippen LogP contribution in [0.4, 0.5) is 5.69 Å². The number of halogens is 1. The van der Waals surface area contributed by atoms with Crippen molar-refractivity contribution in [1.82, 2.24) is 0 Å². The summed E-state index contributed by atoms with van der Waals surface area (Å²) in [5.74, 6) is 0. The zero-order chi connectivity index (χ0) is 15.6. The van der Waals surface area contributed by atoms with E-state index in [9.17, 15) is 10.1 Å². The molecule has 1 aromatic rings. The van der Waals surface area contributed by atoms with E-state index in [0.717, 1.165) is 23.7 Å². The zero-order valence-electron chi connectivity index (χ0n) is 12.4. The smallest absolute Gasteiger partial charge is 0.269 e. The molecule has 7 heteroatoms. The van der Waals surface area contributed by atoms with Crippen LogP contribution in [0.5, 0.6) is 0 Å². The molecule has 0 N–H and O–H groups in total. The van der Waals surface area contributed by atoms with Gasteiger partial charge in [0.25, 0.3) is 5.69 Å². The van der Waals surface area contributed by atoms with Gasteiger partial charge in [-0.3, -0.25) is 10.1 Å². The molecule has 0 aliphatic carbocycles. The van der Waals surface area contributed by atoms with E-state index in [4.69, 9.17) is 4.84 Å². The second kappa shape index (κ2) is 6.27. The summed E-state index contributed by atoms with van der Waals surface area (Å²) < 4.78 is 0. The van der Waals surface area contributed by atoms with Gasteiger partial charge in [-0.05, 0) is 18.2 Å². The van der Waals surface area contributed by atoms with E-state index in [0.29, 0.717) is 0 Å². The molecule has 0 amide bonds. The summed E-state index contributed by atoms with van der Waals surface area (Å²) in [4.78, 5) is 16.0. The lowest BCUT2D eigenvalue weighted by atomic mass is 10.0. The van der Waals surface area contributed by atoms with Gasteiger partial charge in [-0.25, -0.2) is 0 Å². The Hall–Kier alpha value is -1.21. The minimum atomic E-state index is -1.19. The van der Waals surface area contributed by atoms with Gasteiger partial charge in [0.2, 0.25) is 0 Å². The molecule has 0 saturated carbocycles. The summed E-state index contributed by atoms with van der Waals surface area (Å²) in [5.41, 5.74) is 1.74. The first-order valence-electron chi connectivity index (χ1n) is 6.89. The van der Waals surface area contributed by atoms with E-state index in [1.54, 1.807) is 12.1 Å². The summed E-state index contributed by atoms with van der Waals surface area (Å²) >= 11 is 3.66. The van der Waals surface area contributed by atoms with E-state index < -0.39 is 13.0 Å². The Morgan fingerprint density at radius 2 is 2.00 bits per heavy atom. The average molecular weight is 371 g/mol. The first kappa shape index (κ1) is 16.2. The average Bonchev–Trinajstić information content (AvgIpc) is 2.37. The van der Waals surface area contributed by atoms with Gasteiger partial charge in [-0.1, -0.05) is 40.7 Å². The highest BCUT2D eigenvalue weighted by Crippen LogP contribution is 2.28. The minimum absolute atomic E-state index is 0.0822. The van der Waals surface area contributed by atoms with Gasteiger partial charge >= 0.3 is 0 Å². The molecule has 1 aromatic carbocycles. The molecule has 0 saturated heterocycles. The van der Waals surface area contributed by atoms with Crippen LogP contribution >= 0.6 is 15.9 Å². The molecule has 0 aromatic heterocycles. The van der Waals surface area contributed by atoms with E-state index >= 15 is 0 Å². The number of hydrogen-bond donors (Lipinski definition) is 0. The first-order chi connectivity index (χ1) is 9.76. The Morgan fingerprint density at radius 3 is 2.48 bits per heavy atom. The van der Waals surface area contributed by atoms with Crippen molar-refractivity contribution in [3.8, 4) is 0 Å². The third-order valence-electron chi connectivity index (χ3n) is 3.28. The summed E-state index contributed by atoms with van der Waals surface area (Å²) in [7, 11) is -1.19. The van der Waals surface area contributed by atoms with Crippen LogP contribution in [0.3, 0.4) is 0 Å². The standard InChI is InChI=1S/C14H19BrN2O3Si/c1-21(2,3)9-12-8-13(15)14(16-20-12)10-4-6-11(7-5-10)17(18)19/h4-7,12-13H,8-9H2,1-3H3/t12-,13+/m0/s1. The van der Waals surface area contributed by atoms with E-state index in [-0.39, 0.29) is 16.6 Å². The highest BCUT2D eigenvalue weighted by molar-refractivity contribution is 9.10. The van der Waals surface area contributed by atoms with Crippen LogP contribution in [0.2, 0.25) is 25.7 Å². The number of oxime groups is 1. The summed E-state index contributed by atoms with van der Waals surface area (Å²) in [6, 6.07) is 7.49. The molecule has 2 atom stereocenters. The molecule has 0 unspecified atom stereocenters. The molecule has 1 aliphatic heterocycles. The van der Waals surface area contributed by atoms with Gasteiger partial charge in [0.05, 0.1) is 9.75 Å². The predicted octanol–water partition coefficient (Wildman–Crippen LogP) is 4.19. The monoisotopic (exact) mass is 370 g/mol. The number of nitro groups is 1. The van der Waals surface area contributed by atoms with Crippen LogP contribution in [-0.4, -0.2) is 29.6 Å². The van der Waals surface area contributed by atoms with Gasteiger partial charge in [0, 0.05) is 32.2 Å². The van der Waals surface area contributed by atoms with E-state index in [1.165, 1.54) is 12.1 Å². The SMILES string of the molecule is C[Si](C)(C)C[C@@H]1C[C@@H](Br)C(c2ccc([N+](=O)[O-])cc2)=NO1. The highest BCUT2D eigenvalue weighted by Gasteiger charge is 2.30. The highest BCUT2D eigenvalue weighted by atomic mass is 79.9. The molecule has 0 spiro atoms. The van der Waals surface area contributed by atoms with Gasteiger partial charge < -0.3 is 4.84 Å². The number of alkyl halides is 1. The molecule has 114 valence electrons. The lowest BCUT2D eigenvalue weighted by Crippen LogP contribution is -2.34. The molecule has 0 bridgehead atoms. The maximum absolute atomic E-state index is 10.7. The van der Waals surface area contributed by atoms with Crippen molar-refractivity contribution in [2.75, 3.05) is 0 Å². The van der Waals surface area contributed by atoms with E-state index in [1.807, 2.05) is 0 Å². The van der Waals surface area contributed by atoms with Gasteiger partial charge in [0.1, 0.15) is 11.8 Å². The van der Waals surface area contributed by atoms with E-state index in [2.05, 4.69) is 40.7 Å². The Labute approximate surface area is 133 Å². The Morgan fingerprint density at radius 1 is 1.38 bits per heavy atom. The Bertz CT molecular complexity index is 554. The Kier molecular flexibility index (Phi) is 4.83. The van der Waals surface area contributed by atoms with Crippen molar-refractivity contribution < 1.29 is 9.76 Å². The zero-order valence-corrected chi connectivity index (χ0v) is 15.0. The molecule has 21 heavy (non-hydrogen) atoms. The van der Waals surface area contributed by atoms with Crippen molar-refractivity contribution in [3.63, 3.8) is 0 Å². The Balaban J connectivity index is 2.12. The molecule has 1 heterocycles. The molecule has 2 rings (SSSR count). The quantitative estimate of drug-likeness (QED) is 0.345. The van der Waals surface area contributed by atoms with Crippen molar-refractivity contribution in [3.05, 3.63) is 39.9 Å². The fourth-order valence-corrected chi connectivity index (χ4v) is 4.74. The van der Waals surface area contributed by atoms with Crippen LogP contribution < -0.4 is 0 Å². The lowest BCUT2D eigenvalue weighted by molar-refractivity contribution is -0.384. The van der Waals surface area contributed by atoms with Gasteiger partial charge in [-0.15, -0.1) is 0 Å². The maximum Gasteiger partial charge on any atom is 0.269 e. The number of nitrogens with zero attached hydrogens (tertiary/aromatic N) is 2.